The van der Waals surface area contributed by atoms with E-state index >= 15 is 0 Å². The molecular formula is C22H24ClFN4O2S. The smallest absolute Gasteiger partial charge is 0.234 e. The van der Waals surface area contributed by atoms with Crippen LogP contribution in [-0.2, 0) is 17.8 Å². The lowest BCUT2D eigenvalue weighted by Crippen LogP contribution is -2.15. The summed E-state index contributed by atoms with van der Waals surface area (Å²) in [6.45, 7) is 5.20. The lowest BCUT2D eigenvalue weighted by molar-refractivity contribution is -0.113. The minimum Gasteiger partial charge on any atom is -0.493 e. The van der Waals surface area contributed by atoms with Crippen molar-refractivity contribution in [2.45, 2.75) is 38.4 Å². The van der Waals surface area contributed by atoms with Crippen molar-refractivity contribution in [2.75, 3.05) is 17.7 Å². The summed E-state index contributed by atoms with van der Waals surface area (Å²) in [7, 11) is 0. The number of carbonyl (C=O) groups excluding carboxylic acids is 1. The van der Waals surface area contributed by atoms with Gasteiger partial charge < -0.3 is 14.6 Å². The Morgan fingerprint density at radius 1 is 1.26 bits per heavy atom. The fourth-order valence-corrected chi connectivity index (χ4v) is 4.04. The van der Waals surface area contributed by atoms with Crippen LogP contribution < -0.4 is 10.1 Å². The number of anilines is 1. The third kappa shape index (κ3) is 6.45. The number of hydrogen-bond donors (Lipinski definition) is 1. The fourth-order valence-electron chi connectivity index (χ4n) is 2.99. The molecule has 0 spiro atoms. The molecule has 0 saturated heterocycles. The average molecular weight is 463 g/mol. The zero-order valence-electron chi connectivity index (χ0n) is 17.4. The van der Waals surface area contributed by atoms with E-state index in [2.05, 4.69) is 15.5 Å². The van der Waals surface area contributed by atoms with Gasteiger partial charge in [-0.25, -0.2) is 4.39 Å². The van der Waals surface area contributed by atoms with Crippen LogP contribution in [0.4, 0.5) is 10.1 Å². The lowest BCUT2D eigenvalue weighted by atomic mass is 10.2. The number of nitrogens with one attached hydrogen (secondary N) is 1. The third-order valence-electron chi connectivity index (χ3n) is 4.53. The molecule has 2 aromatic carbocycles. The van der Waals surface area contributed by atoms with E-state index in [9.17, 15) is 9.18 Å². The highest BCUT2D eigenvalue weighted by Gasteiger charge is 2.14. The summed E-state index contributed by atoms with van der Waals surface area (Å²) < 4.78 is 21.5. The number of benzene rings is 2. The van der Waals surface area contributed by atoms with Gasteiger partial charge >= 0.3 is 0 Å². The van der Waals surface area contributed by atoms with Crippen molar-refractivity contribution in [3.63, 3.8) is 0 Å². The van der Waals surface area contributed by atoms with Gasteiger partial charge in [0.1, 0.15) is 17.4 Å². The molecule has 0 fully saturated rings. The first kappa shape index (κ1) is 23.1. The summed E-state index contributed by atoms with van der Waals surface area (Å²) >= 11 is 7.25. The Morgan fingerprint density at radius 2 is 2.06 bits per heavy atom. The lowest BCUT2D eigenvalue weighted by Gasteiger charge is -2.10. The quantitative estimate of drug-likeness (QED) is 0.333. The van der Waals surface area contributed by atoms with Crippen LogP contribution in [-0.4, -0.2) is 33.0 Å². The number of thioether (sulfide) groups is 1. The monoisotopic (exact) mass is 462 g/mol. The summed E-state index contributed by atoms with van der Waals surface area (Å²) in [6, 6.07) is 11.6. The van der Waals surface area contributed by atoms with E-state index in [4.69, 9.17) is 16.3 Å². The van der Waals surface area contributed by atoms with Gasteiger partial charge in [-0.1, -0.05) is 35.5 Å². The summed E-state index contributed by atoms with van der Waals surface area (Å²) in [6.07, 6.45) is 1.48. The van der Waals surface area contributed by atoms with Crippen LogP contribution in [0, 0.1) is 12.7 Å². The maximum Gasteiger partial charge on any atom is 0.234 e. The van der Waals surface area contributed by atoms with Gasteiger partial charge in [0.05, 0.1) is 18.0 Å². The van der Waals surface area contributed by atoms with Crippen molar-refractivity contribution in [3.8, 4) is 5.75 Å². The van der Waals surface area contributed by atoms with E-state index in [0.29, 0.717) is 29.8 Å². The number of carbonyl (C=O) groups is 1. The Bertz CT molecular complexity index is 1040. The number of ether oxygens (including phenoxy) is 1. The molecule has 0 saturated carbocycles. The number of halogens is 2. The van der Waals surface area contributed by atoms with Crippen molar-refractivity contribution in [3.05, 3.63) is 64.7 Å². The molecule has 164 valence electrons. The molecule has 0 aliphatic heterocycles. The molecule has 1 amide bonds. The van der Waals surface area contributed by atoms with Gasteiger partial charge in [-0.05, 0) is 56.2 Å². The van der Waals surface area contributed by atoms with E-state index in [-0.39, 0.29) is 17.3 Å². The van der Waals surface area contributed by atoms with Crippen LogP contribution in [0.2, 0.25) is 5.02 Å². The zero-order valence-corrected chi connectivity index (χ0v) is 19.0. The van der Waals surface area contributed by atoms with Gasteiger partial charge in [0.25, 0.3) is 0 Å². The molecule has 1 aromatic heterocycles. The van der Waals surface area contributed by atoms with E-state index in [0.717, 1.165) is 23.6 Å². The van der Waals surface area contributed by atoms with E-state index < -0.39 is 5.82 Å². The number of aryl methyl sites for hydroxylation is 2. The second kappa shape index (κ2) is 11.2. The van der Waals surface area contributed by atoms with Crippen molar-refractivity contribution < 1.29 is 13.9 Å². The number of hydrogen-bond acceptors (Lipinski definition) is 5. The molecule has 0 atom stereocenters. The van der Waals surface area contributed by atoms with Gasteiger partial charge in [-0.3, -0.25) is 4.79 Å². The Kier molecular flexibility index (Phi) is 8.31. The standard InChI is InChI=1S/C22H24ClFN4O2S/c1-3-28-20(9-6-12-30-19-11-10-16(23)13-15(19)2)26-27-22(28)31-14-21(29)25-18-8-5-4-7-17(18)24/h4-5,7-8,10-11,13H,3,6,9,12,14H2,1-2H3,(H,25,29). The Hall–Kier alpha value is -2.58. The molecule has 0 bridgehead atoms. The molecule has 1 N–H and O–H groups in total. The first-order chi connectivity index (χ1) is 15.0. The molecule has 0 aliphatic carbocycles. The highest BCUT2D eigenvalue weighted by molar-refractivity contribution is 7.99. The number of rotatable bonds is 10. The Labute approximate surface area is 190 Å². The summed E-state index contributed by atoms with van der Waals surface area (Å²) in [5.41, 5.74) is 1.17. The third-order valence-corrected chi connectivity index (χ3v) is 5.73. The topological polar surface area (TPSA) is 69.0 Å². The van der Waals surface area contributed by atoms with Gasteiger partial charge in [-0.2, -0.15) is 0 Å². The average Bonchev–Trinajstić information content (AvgIpc) is 3.14. The van der Waals surface area contributed by atoms with Crippen LogP contribution in [0.5, 0.6) is 5.75 Å². The molecule has 6 nitrogen and oxygen atoms in total. The molecule has 9 heteroatoms. The maximum atomic E-state index is 13.7. The van der Waals surface area contributed by atoms with Crippen molar-refractivity contribution in [2.24, 2.45) is 0 Å². The first-order valence-electron chi connectivity index (χ1n) is 9.96. The predicted octanol–water partition coefficient (Wildman–Crippen LogP) is 5.14. The van der Waals surface area contributed by atoms with Gasteiger partial charge in [-0.15, -0.1) is 10.2 Å². The number of nitrogens with zero attached hydrogens (tertiary/aromatic N) is 3. The Morgan fingerprint density at radius 3 is 2.81 bits per heavy atom. The molecule has 3 aromatic rings. The molecule has 1 heterocycles. The first-order valence-corrected chi connectivity index (χ1v) is 11.3. The van der Waals surface area contributed by atoms with Crippen molar-refractivity contribution >= 4 is 35.0 Å². The molecule has 31 heavy (non-hydrogen) atoms. The van der Waals surface area contributed by atoms with E-state index in [1.807, 2.05) is 36.6 Å². The van der Waals surface area contributed by atoms with Gasteiger partial charge in [0.2, 0.25) is 5.91 Å². The molecule has 0 radical (unpaired) electrons. The maximum absolute atomic E-state index is 13.7. The fraction of sp³-hybridized carbons (Fsp3) is 0.318. The molecule has 0 aliphatic rings. The van der Waals surface area contributed by atoms with Gasteiger partial charge in [0.15, 0.2) is 5.16 Å². The van der Waals surface area contributed by atoms with Crippen LogP contribution in [0.1, 0.15) is 24.7 Å². The second-order valence-corrected chi connectivity index (χ2v) is 8.20. The molecular weight excluding hydrogens is 439 g/mol. The number of para-hydroxylation sites is 1. The van der Waals surface area contributed by atoms with Crippen molar-refractivity contribution in [1.29, 1.82) is 0 Å². The highest BCUT2D eigenvalue weighted by Crippen LogP contribution is 2.22. The highest BCUT2D eigenvalue weighted by atomic mass is 35.5. The zero-order chi connectivity index (χ0) is 22.2. The molecule has 3 rings (SSSR count). The van der Waals surface area contributed by atoms with Crippen LogP contribution in [0.3, 0.4) is 0 Å². The number of amides is 1. The minimum absolute atomic E-state index is 0.116. The van der Waals surface area contributed by atoms with Gasteiger partial charge in [0, 0.05) is 18.0 Å². The summed E-state index contributed by atoms with van der Waals surface area (Å²) in [5, 5.41) is 12.4. The largest absolute Gasteiger partial charge is 0.493 e. The Balaban J connectivity index is 1.49. The second-order valence-electron chi connectivity index (χ2n) is 6.82. The van der Waals surface area contributed by atoms with Crippen molar-refractivity contribution in [1.82, 2.24) is 14.8 Å². The van der Waals surface area contributed by atoms with Crippen LogP contribution >= 0.6 is 23.4 Å². The van der Waals surface area contributed by atoms with E-state index in [1.165, 1.54) is 23.9 Å². The summed E-state index contributed by atoms with van der Waals surface area (Å²) in [5.74, 6) is 1.02. The predicted molar refractivity (Wildman–Crippen MR) is 121 cm³/mol. The molecule has 0 unspecified atom stereocenters. The summed E-state index contributed by atoms with van der Waals surface area (Å²) in [4.78, 5) is 12.2. The van der Waals surface area contributed by atoms with Crippen LogP contribution in [0.15, 0.2) is 47.6 Å². The SMILES string of the molecule is CCn1c(CCCOc2ccc(Cl)cc2C)nnc1SCC(=O)Nc1ccccc1F. The van der Waals surface area contributed by atoms with E-state index in [1.54, 1.807) is 12.1 Å². The van der Waals surface area contributed by atoms with Crippen LogP contribution in [0.25, 0.3) is 0 Å². The normalized spacial score (nSPS) is 10.8. The number of aromatic nitrogens is 3. The minimum atomic E-state index is -0.462.